The van der Waals surface area contributed by atoms with E-state index < -0.39 is 0 Å². The van der Waals surface area contributed by atoms with Crippen molar-refractivity contribution in [2.45, 2.75) is 50.7 Å². The third kappa shape index (κ3) is 2.43. The van der Waals surface area contributed by atoms with E-state index in [0.29, 0.717) is 0 Å². The van der Waals surface area contributed by atoms with Crippen LogP contribution in [0.2, 0.25) is 0 Å². The lowest BCUT2D eigenvalue weighted by Crippen LogP contribution is -2.42. The summed E-state index contributed by atoms with van der Waals surface area (Å²) in [6.07, 6.45) is 10.5. The zero-order chi connectivity index (χ0) is 12.4. The summed E-state index contributed by atoms with van der Waals surface area (Å²) in [6, 6.07) is 5.89. The van der Waals surface area contributed by atoms with Gasteiger partial charge in [-0.25, -0.2) is 0 Å². The molecule has 2 bridgehead atoms. The fourth-order valence-electron chi connectivity index (χ4n) is 3.82. The van der Waals surface area contributed by atoms with E-state index in [1.165, 1.54) is 37.7 Å². The van der Waals surface area contributed by atoms with Crippen LogP contribution in [0, 0.1) is 5.92 Å². The van der Waals surface area contributed by atoms with Crippen LogP contribution in [-0.2, 0) is 6.54 Å². The summed E-state index contributed by atoms with van der Waals surface area (Å²) in [4.78, 5) is 6.82. The van der Waals surface area contributed by atoms with Gasteiger partial charge >= 0.3 is 0 Å². The van der Waals surface area contributed by atoms with Gasteiger partial charge in [0.15, 0.2) is 0 Å². The van der Waals surface area contributed by atoms with Crippen LogP contribution >= 0.6 is 0 Å². The molecule has 3 nitrogen and oxygen atoms in total. The molecule has 2 atom stereocenters. The Morgan fingerprint density at radius 1 is 1.17 bits per heavy atom. The number of nitrogens with zero attached hydrogens (tertiary/aromatic N) is 2. The zero-order valence-corrected chi connectivity index (χ0v) is 11.0. The maximum Gasteiger partial charge on any atom is 0.0271 e. The largest absolute Gasteiger partial charge is 0.330 e. The molecule has 2 N–H and O–H groups in total. The minimum atomic E-state index is 0.800. The first-order chi connectivity index (χ1) is 8.86. The van der Waals surface area contributed by atoms with E-state index in [4.69, 9.17) is 5.73 Å². The first kappa shape index (κ1) is 12.1. The number of pyridine rings is 1. The normalized spacial score (nSPS) is 31.7. The molecule has 0 spiro atoms. The van der Waals surface area contributed by atoms with Gasteiger partial charge in [0.05, 0.1) is 0 Å². The number of hydrogen-bond donors (Lipinski definition) is 1. The van der Waals surface area contributed by atoms with Gasteiger partial charge in [-0.3, -0.25) is 9.88 Å². The monoisotopic (exact) mass is 245 g/mol. The van der Waals surface area contributed by atoms with Gasteiger partial charge in [-0.1, -0.05) is 0 Å². The van der Waals surface area contributed by atoms with Gasteiger partial charge in [0.2, 0.25) is 0 Å². The minimum absolute atomic E-state index is 0.800. The molecule has 3 heteroatoms. The Kier molecular flexibility index (Phi) is 3.62. The molecular formula is C15H23N3. The molecule has 18 heavy (non-hydrogen) atoms. The van der Waals surface area contributed by atoms with Crippen LogP contribution in [0.25, 0.3) is 0 Å². The molecule has 2 aliphatic rings. The molecule has 3 heterocycles. The first-order valence-electron chi connectivity index (χ1n) is 7.21. The van der Waals surface area contributed by atoms with Crippen LogP contribution in [-0.4, -0.2) is 28.5 Å². The molecule has 2 unspecified atom stereocenters. The smallest absolute Gasteiger partial charge is 0.0271 e. The number of piperidine rings is 1. The highest BCUT2D eigenvalue weighted by Crippen LogP contribution is 2.40. The summed E-state index contributed by atoms with van der Waals surface area (Å²) in [5.41, 5.74) is 7.11. The van der Waals surface area contributed by atoms with Gasteiger partial charge in [-0.2, -0.15) is 0 Å². The van der Waals surface area contributed by atoms with E-state index in [-0.39, 0.29) is 0 Å². The maximum atomic E-state index is 5.71. The van der Waals surface area contributed by atoms with Gasteiger partial charge in [0.1, 0.15) is 0 Å². The molecule has 1 aromatic heterocycles. The second kappa shape index (κ2) is 5.37. The lowest BCUT2D eigenvalue weighted by molar-refractivity contribution is 0.0937. The molecule has 2 fully saturated rings. The van der Waals surface area contributed by atoms with E-state index in [1.54, 1.807) is 0 Å². The second-order valence-electron chi connectivity index (χ2n) is 5.83. The Labute approximate surface area is 109 Å². The van der Waals surface area contributed by atoms with E-state index in [2.05, 4.69) is 22.0 Å². The summed E-state index contributed by atoms with van der Waals surface area (Å²) >= 11 is 0. The molecule has 2 aliphatic heterocycles. The SMILES string of the molecule is NCCC1CC2CCC(C1)N2Cc1ccncc1. The molecule has 0 radical (unpaired) electrons. The van der Waals surface area contributed by atoms with Crippen molar-refractivity contribution < 1.29 is 0 Å². The Morgan fingerprint density at radius 3 is 2.44 bits per heavy atom. The number of aromatic nitrogens is 1. The summed E-state index contributed by atoms with van der Waals surface area (Å²) in [7, 11) is 0. The van der Waals surface area contributed by atoms with Gasteiger partial charge in [0, 0.05) is 31.0 Å². The molecule has 0 aromatic carbocycles. The molecule has 0 aliphatic carbocycles. The van der Waals surface area contributed by atoms with E-state index >= 15 is 0 Å². The van der Waals surface area contributed by atoms with Crippen molar-refractivity contribution in [3.8, 4) is 0 Å². The highest BCUT2D eigenvalue weighted by atomic mass is 15.2. The lowest BCUT2D eigenvalue weighted by Gasteiger charge is -2.39. The third-order valence-corrected chi connectivity index (χ3v) is 4.67. The average molecular weight is 245 g/mol. The Balaban J connectivity index is 1.65. The molecule has 0 amide bonds. The summed E-state index contributed by atoms with van der Waals surface area (Å²) < 4.78 is 0. The minimum Gasteiger partial charge on any atom is -0.330 e. The number of rotatable bonds is 4. The quantitative estimate of drug-likeness (QED) is 0.884. The molecular weight excluding hydrogens is 222 g/mol. The summed E-state index contributed by atoms with van der Waals surface area (Å²) in [5, 5.41) is 0. The Morgan fingerprint density at radius 2 is 1.83 bits per heavy atom. The van der Waals surface area contributed by atoms with E-state index in [1.807, 2.05) is 12.4 Å². The molecule has 1 aromatic rings. The van der Waals surface area contributed by atoms with Crippen molar-refractivity contribution >= 4 is 0 Å². The van der Waals surface area contributed by atoms with Crippen molar-refractivity contribution in [1.82, 2.24) is 9.88 Å². The molecule has 2 saturated heterocycles. The van der Waals surface area contributed by atoms with Crippen molar-refractivity contribution in [3.63, 3.8) is 0 Å². The van der Waals surface area contributed by atoms with Crippen LogP contribution in [0.15, 0.2) is 24.5 Å². The van der Waals surface area contributed by atoms with Crippen molar-refractivity contribution in [3.05, 3.63) is 30.1 Å². The van der Waals surface area contributed by atoms with Crippen LogP contribution in [0.1, 0.15) is 37.7 Å². The van der Waals surface area contributed by atoms with Crippen molar-refractivity contribution in [2.75, 3.05) is 6.54 Å². The molecule has 0 saturated carbocycles. The van der Waals surface area contributed by atoms with Crippen LogP contribution < -0.4 is 5.73 Å². The predicted molar refractivity (Wildman–Crippen MR) is 73.0 cm³/mol. The fraction of sp³-hybridized carbons (Fsp3) is 0.667. The Hall–Kier alpha value is -0.930. The third-order valence-electron chi connectivity index (χ3n) is 4.67. The van der Waals surface area contributed by atoms with E-state index in [0.717, 1.165) is 31.1 Å². The molecule has 3 rings (SSSR count). The van der Waals surface area contributed by atoms with Gasteiger partial charge in [-0.05, 0) is 62.3 Å². The standard InChI is InChI=1S/C15H23N3/c16-6-3-13-9-14-1-2-15(10-13)18(14)11-12-4-7-17-8-5-12/h4-5,7-8,13-15H,1-3,6,9-11,16H2. The maximum absolute atomic E-state index is 5.71. The van der Waals surface area contributed by atoms with Crippen molar-refractivity contribution in [1.29, 1.82) is 0 Å². The molecule has 98 valence electrons. The average Bonchev–Trinajstić information content (AvgIpc) is 2.63. The van der Waals surface area contributed by atoms with Gasteiger partial charge < -0.3 is 5.73 Å². The van der Waals surface area contributed by atoms with Crippen LogP contribution in [0.4, 0.5) is 0 Å². The fourth-order valence-corrected chi connectivity index (χ4v) is 3.82. The topological polar surface area (TPSA) is 42.1 Å². The zero-order valence-electron chi connectivity index (χ0n) is 11.0. The first-order valence-corrected chi connectivity index (χ1v) is 7.21. The highest BCUT2D eigenvalue weighted by Gasteiger charge is 2.39. The van der Waals surface area contributed by atoms with Crippen molar-refractivity contribution in [2.24, 2.45) is 11.7 Å². The van der Waals surface area contributed by atoms with Gasteiger partial charge in [-0.15, -0.1) is 0 Å². The van der Waals surface area contributed by atoms with E-state index in [9.17, 15) is 0 Å². The number of nitrogens with two attached hydrogens (primary N) is 1. The lowest BCUT2D eigenvalue weighted by atomic mass is 9.88. The summed E-state index contributed by atoms with van der Waals surface area (Å²) in [5.74, 6) is 0.876. The number of fused-ring (bicyclic) bond motifs is 2. The van der Waals surface area contributed by atoms with Crippen LogP contribution in [0.5, 0.6) is 0 Å². The van der Waals surface area contributed by atoms with Gasteiger partial charge in [0.25, 0.3) is 0 Å². The number of hydrogen-bond acceptors (Lipinski definition) is 3. The Bertz CT molecular complexity index is 365. The van der Waals surface area contributed by atoms with Crippen LogP contribution in [0.3, 0.4) is 0 Å². The predicted octanol–water partition coefficient (Wildman–Crippen LogP) is 2.17. The second-order valence-corrected chi connectivity index (χ2v) is 5.83. The highest BCUT2D eigenvalue weighted by molar-refractivity contribution is 5.11. The summed E-state index contributed by atoms with van der Waals surface area (Å²) in [6.45, 7) is 1.96.